The fraction of sp³-hybridized carbons (Fsp3) is 0.529. The van der Waals surface area contributed by atoms with Gasteiger partial charge < -0.3 is 15.0 Å². The van der Waals surface area contributed by atoms with Gasteiger partial charge in [0, 0.05) is 24.9 Å². The average Bonchev–Trinajstić information content (AvgIpc) is 2.57. The highest BCUT2D eigenvalue weighted by molar-refractivity contribution is 6.00. The van der Waals surface area contributed by atoms with E-state index in [1.165, 1.54) is 0 Å². The average molecular weight is 304 g/mol. The molecule has 1 unspecified atom stereocenters. The third-order valence-corrected chi connectivity index (χ3v) is 3.91. The number of ketones is 1. The van der Waals surface area contributed by atoms with Crippen LogP contribution in [-0.4, -0.2) is 37.9 Å². The Hall–Kier alpha value is -1.88. The number of amides is 1. The molecule has 1 amide bonds. The van der Waals surface area contributed by atoms with E-state index in [9.17, 15) is 9.59 Å². The summed E-state index contributed by atoms with van der Waals surface area (Å²) in [4.78, 5) is 26.1. The SMILES string of the molecule is CCC(=O)N1CC(CC)Oc2ccc(C(=O)CCNC)cc21. The Bertz CT molecular complexity index is 557. The fourth-order valence-electron chi connectivity index (χ4n) is 2.54. The van der Waals surface area contributed by atoms with Gasteiger partial charge in [0.2, 0.25) is 5.91 Å². The lowest BCUT2D eigenvalue weighted by Gasteiger charge is -2.34. The molecule has 0 spiro atoms. The maximum absolute atomic E-state index is 12.2. The van der Waals surface area contributed by atoms with E-state index in [4.69, 9.17) is 4.74 Å². The van der Waals surface area contributed by atoms with Gasteiger partial charge in [-0.3, -0.25) is 9.59 Å². The molecule has 0 aromatic heterocycles. The van der Waals surface area contributed by atoms with E-state index in [0.29, 0.717) is 42.9 Å². The summed E-state index contributed by atoms with van der Waals surface area (Å²) in [6.45, 7) is 5.08. The first-order valence-corrected chi connectivity index (χ1v) is 7.89. The number of ether oxygens (including phenoxy) is 1. The van der Waals surface area contributed by atoms with Gasteiger partial charge in [0.1, 0.15) is 11.9 Å². The van der Waals surface area contributed by atoms with Crippen LogP contribution in [0.1, 0.15) is 43.5 Å². The van der Waals surface area contributed by atoms with E-state index in [2.05, 4.69) is 5.32 Å². The van der Waals surface area contributed by atoms with Crippen LogP contribution in [0.25, 0.3) is 0 Å². The predicted molar refractivity (Wildman–Crippen MR) is 86.7 cm³/mol. The van der Waals surface area contributed by atoms with E-state index >= 15 is 0 Å². The summed E-state index contributed by atoms with van der Waals surface area (Å²) in [5, 5.41) is 2.97. The maximum atomic E-state index is 12.2. The molecule has 0 bridgehead atoms. The van der Waals surface area contributed by atoms with Gasteiger partial charge in [-0.25, -0.2) is 0 Å². The van der Waals surface area contributed by atoms with E-state index in [0.717, 1.165) is 6.42 Å². The smallest absolute Gasteiger partial charge is 0.226 e. The zero-order valence-corrected chi connectivity index (χ0v) is 13.5. The highest BCUT2D eigenvalue weighted by atomic mass is 16.5. The molecule has 0 fully saturated rings. The molecule has 1 aliphatic rings. The van der Waals surface area contributed by atoms with Crippen LogP contribution in [0.4, 0.5) is 5.69 Å². The summed E-state index contributed by atoms with van der Waals surface area (Å²) in [5.41, 5.74) is 1.34. The minimum absolute atomic E-state index is 0.00819. The number of hydrogen-bond donors (Lipinski definition) is 1. The normalized spacial score (nSPS) is 16.9. The lowest BCUT2D eigenvalue weighted by molar-refractivity contribution is -0.118. The number of carbonyl (C=O) groups is 2. The third kappa shape index (κ3) is 3.47. The van der Waals surface area contributed by atoms with Gasteiger partial charge in [0.05, 0.1) is 12.2 Å². The number of nitrogens with zero attached hydrogens (tertiary/aromatic N) is 1. The number of benzene rings is 1. The van der Waals surface area contributed by atoms with Crippen LogP contribution in [-0.2, 0) is 4.79 Å². The van der Waals surface area contributed by atoms with E-state index in [-0.39, 0.29) is 17.8 Å². The Labute approximate surface area is 131 Å². The van der Waals surface area contributed by atoms with Crippen LogP contribution in [0.2, 0.25) is 0 Å². The van der Waals surface area contributed by atoms with E-state index < -0.39 is 0 Å². The Kier molecular flexibility index (Phi) is 5.55. The van der Waals surface area contributed by atoms with Gasteiger partial charge in [0.25, 0.3) is 0 Å². The second kappa shape index (κ2) is 7.40. The van der Waals surface area contributed by atoms with Gasteiger partial charge in [-0.1, -0.05) is 13.8 Å². The predicted octanol–water partition coefficient (Wildman–Crippen LogP) is 2.39. The van der Waals surface area contributed by atoms with Crippen LogP contribution in [0.5, 0.6) is 5.75 Å². The summed E-state index contributed by atoms with van der Waals surface area (Å²) >= 11 is 0. The number of Topliss-reactive ketones (excluding diaryl/α,β-unsaturated/α-hetero) is 1. The van der Waals surface area contributed by atoms with Gasteiger partial charge >= 0.3 is 0 Å². The highest BCUT2D eigenvalue weighted by Gasteiger charge is 2.28. The van der Waals surface area contributed by atoms with Crippen LogP contribution in [0.3, 0.4) is 0 Å². The summed E-state index contributed by atoms with van der Waals surface area (Å²) in [6.07, 6.45) is 1.73. The summed E-state index contributed by atoms with van der Waals surface area (Å²) in [5.74, 6) is 0.812. The molecule has 22 heavy (non-hydrogen) atoms. The molecule has 120 valence electrons. The number of anilines is 1. The van der Waals surface area contributed by atoms with Crippen LogP contribution in [0.15, 0.2) is 18.2 Å². The molecule has 1 atom stereocenters. The zero-order valence-electron chi connectivity index (χ0n) is 13.5. The second-order valence-electron chi connectivity index (χ2n) is 5.47. The largest absolute Gasteiger partial charge is 0.486 e. The number of hydrogen-bond acceptors (Lipinski definition) is 4. The second-order valence-corrected chi connectivity index (χ2v) is 5.47. The Balaban J connectivity index is 2.32. The van der Waals surface area contributed by atoms with Crippen LogP contribution < -0.4 is 15.0 Å². The molecule has 0 saturated carbocycles. The lowest BCUT2D eigenvalue weighted by Crippen LogP contribution is -2.43. The monoisotopic (exact) mass is 304 g/mol. The van der Waals surface area contributed by atoms with Crippen molar-refractivity contribution in [2.45, 2.75) is 39.2 Å². The molecule has 0 radical (unpaired) electrons. The van der Waals surface area contributed by atoms with Gasteiger partial charge in [-0.2, -0.15) is 0 Å². The topological polar surface area (TPSA) is 58.6 Å². The van der Waals surface area contributed by atoms with Crippen LogP contribution in [0, 0.1) is 0 Å². The summed E-state index contributed by atoms with van der Waals surface area (Å²) < 4.78 is 5.90. The molecule has 1 aromatic carbocycles. The van der Waals surface area contributed by atoms with Crippen molar-refractivity contribution in [3.05, 3.63) is 23.8 Å². The molecule has 0 saturated heterocycles. The van der Waals surface area contributed by atoms with Crippen molar-refractivity contribution in [1.82, 2.24) is 5.32 Å². The Morgan fingerprint density at radius 2 is 2.14 bits per heavy atom. The first-order valence-electron chi connectivity index (χ1n) is 7.89. The zero-order chi connectivity index (χ0) is 16.1. The van der Waals surface area contributed by atoms with Crippen molar-refractivity contribution >= 4 is 17.4 Å². The molecule has 5 nitrogen and oxygen atoms in total. The number of carbonyl (C=O) groups excluding carboxylic acids is 2. The van der Waals surface area contributed by atoms with Crippen LogP contribution >= 0.6 is 0 Å². The number of fused-ring (bicyclic) bond motifs is 1. The lowest BCUT2D eigenvalue weighted by atomic mass is 10.0. The molecular weight excluding hydrogens is 280 g/mol. The Morgan fingerprint density at radius 3 is 2.77 bits per heavy atom. The van der Waals surface area contributed by atoms with Gasteiger partial charge in [0.15, 0.2) is 5.78 Å². The van der Waals surface area contributed by atoms with Crippen molar-refractivity contribution < 1.29 is 14.3 Å². The molecule has 1 heterocycles. The quantitative estimate of drug-likeness (QED) is 0.820. The minimum atomic E-state index is 0.00819. The van der Waals surface area contributed by atoms with Crippen molar-refractivity contribution in [3.8, 4) is 5.75 Å². The molecule has 1 aliphatic heterocycles. The number of rotatable bonds is 6. The first-order chi connectivity index (χ1) is 10.6. The molecule has 1 aromatic rings. The minimum Gasteiger partial charge on any atom is -0.486 e. The van der Waals surface area contributed by atoms with Crippen molar-refractivity contribution in [1.29, 1.82) is 0 Å². The van der Waals surface area contributed by atoms with E-state index in [1.54, 1.807) is 23.1 Å². The molecule has 1 N–H and O–H groups in total. The summed E-state index contributed by atoms with van der Waals surface area (Å²) in [6, 6.07) is 5.37. The maximum Gasteiger partial charge on any atom is 0.226 e. The molecular formula is C17H24N2O3. The van der Waals surface area contributed by atoms with Gasteiger partial charge in [-0.15, -0.1) is 0 Å². The third-order valence-electron chi connectivity index (χ3n) is 3.91. The van der Waals surface area contributed by atoms with Gasteiger partial charge in [-0.05, 0) is 31.7 Å². The van der Waals surface area contributed by atoms with Crippen molar-refractivity contribution in [2.75, 3.05) is 25.0 Å². The molecule has 2 rings (SSSR count). The van der Waals surface area contributed by atoms with Crippen molar-refractivity contribution in [2.24, 2.45) is 0 Å². The summed E-state index contributed by atoms with van der Waals surface area (Å²) in [7, 11) is 1.82. The standard InChI is InChI=1S/C17H24N2O3/c1-4-13-11-19(17(21)5-2)14-10-12(6-7-16(14)22-13)15(20)8-9-18-3/h6-7,10,13,18H,4-5,8-9,11H2,1-3H3. The fourth-order valence-corrected chi connectivity index (χ4v) is 2.54. The molecule has 0 aliphatic carbocycles. The van der Waals surface area contributed by atoms with Crippen molar-refractivity contribution in [3.63, 3.8) is 0 Å². The molecule has 5 heteroatoms. The first kappa shape index (κ1) is 16.5. The van der Waals surface area contributed by atoms with E-state index in [1.807, 2.05) is 20.9 Å². The number of nitrogens with one attached hydrogen (secondary N) is 1. The highest BCUT2D eigenvalue weighted by Crippen LogP contribution is 2.35. The Morgan fingerprint density at radius 1 is 1.36 bits per heavy atom.